The second-order valence-corrected chi connectivity index (χ2v) is 8.63. The first kappa shape index (κ1) is 21.3. The highest BCUT2D eigenvalue weighted by Gasteiger charge is 2.20. The Morgan fingerprint density at radius 3 is 2.55 bits per heavy atom. The summed E-state index contributed by atoms with van der Waals surface area (Å²) in [7, 11) is 0. The quantitative estimate of drug-likeness (QED) is 0.432. The van der Waals surface area contributed by atoms with Crippen LogP contribution < -0.4 is 15.5 Å². The number of hydrogen-bond acceptors (Lipinski definition) is 7. The number of anilines is 3. The van der Waals surface area contributed by atoms with Gasteiger partial charge in [-0.3, -0.25) is 4.57 Å². The van der Waals surface area contributed by atoms with Gasteiger partial charge in [0.25, 0.3) is 0 Å². The van der Waals surface area contributed by atoms with E-state index in [9.17, 15) is 9.50 Å². The van der Waals surface area contributed by atoms with E-state index < -0.39 is 11.4 Å². The van der Waals surface area contributed by atoms with Crippen LogP contribution in [0.4, 0.5) is 21.7 Å². The Hall–Kier alpha value is -3.56. The lowest BCUT2D eigenvalue weighted by Gasteiger charge is -2.29. The maximum absolute atomic E-state index is 14.6. The highest BCUT2D eigenvalue weighted by molar-refractivity contribution is 5.79. The van der Waals surface area contributed by atoms with Gasteiger partial charge in [0.2, 0.25) is 5.95 Å². The largest absolute Gasteiger partial charge is 0.384 e. The monoisotopic (exact) mass is 447 g/mol. The van der Waals surface area contributed by atoms with Crippen molar-refractivity contribution in [1.82, 2.24) is 24.8 Å². The number of aliphatic hydroxyl groups is 1. The first-order valence-electron chi connectivity index (χ1n) is 11.0. The average molecular weight is 448 g/mol. The molecule has 1 saturated heterocycles. The summed E-state index contributed by atoms with van der Waals surface area (Å²) in [6.45, 7) is 7.25. The Bertz CT molecular complexity index is 1270. The van der Waals surface area contributed by atoms with E-state index in [2.05, 4.69) is 42.6 Å². The second kappa shape index (κ2) is 8.42. The van der Waals surface area contributed by atoms with Gasteiger partial charge in [-0.25, -0.2) is 14.4 Å². The number of aromatic nitrogens is 4. The van der Waals surface area contributed by atoms with Crippen LogP contribution in [0.25, 0.3) is 16.9 Å². The highest BCUT2D eigenvalue weighted by Crippen LogP contribution is 2.26. The molecule has 1 aliphatic rings. The number of halogens is 1. The van der Waals surface area contributed by atoms with E-state index in [-0.39, 0.29) is 0 Å². The average Bonchev–Trinajstić information content (AvgIpc) is 3.15. The summed E-state index contributed by atoms with van der Waals surface area (Å²) < 4.78 is 16.2. The van der Waals surface area contributed by atoms with E-state index in [1.807, 2.05) is 12.1 Å². The molecule has 1 aromatic carbocycles. The fourth-order valence-corrected chi connectivity index (χ4v) is 3.91. The van der Waals surface area contributed by atoms with Gasteiger partial charge in [-0.1, -0.05) is 6.07 Å². The fraction of sp³-hybridized carbons (Fsp3) is 0.292. The Morgan fingerprint density at radius 2 is 1.82 bits per heavy atom. The van der Waals surface area contributed by atoms with Crippen molar-refractivity contribution in [1.29, 1.82) is 0 Å². The summed E-state index contributed by atoms with van der Waals surface area (Å²) in [5.74, 6) is 0.386. The van der Waals surface area contributed by atoms with Crippen LogP contribution in [-0.2, 0) is 5.60 Å². The number of fused-ring (bicyclic) bond motifs is 1. The van der Waals surface area contributed by atoms with Gasteiger partial charge in [-0.05, 0) is 50.2 Å². The lowest BCUT2D eigenvalue weighted by atomic mass is 10.1. The van der Waals surface area contributed by atoms with Crippen molar-refractivity contribution >= 4 is 28.4 Å². The SMILES string of the molecule is CC(C)(O)c1cccc(-n2cc(F)c3cnc(Nc4ccc(N5CCNCC5)cc4)nc32)n1. The molecule has 1 aliphatic heterocycles. The van der Waals surface area contributed by atoms with Crippen molar-refractivity contribution < 1.29 is 9.50 Å². The molecular formula is C24H26FN7O. The molecule has 5 rings (SSSR count). The zero-order valence-electron chi connectivity index (χ0n) is 18.6. The van der Waals surface area contributed by atoms with Gasteiger partial charge >= 0.3 is 0 Å². The van der Waals surface area contributed by atoms with Crippen LogP contribution in [0.2, 0.25) is 0 Å². The summed E-state index contributed by atoms with van der Waals surface area (Å²) >= 11 is 0. The minimum absolute atomic E-state index is 0.296. The number of piperazine rings is 1. The Balaban J connectivity index is 1.44. The van der Waals surface area contributed by atoms with Gasteiger partial charge in [0.05, 0.1) is 11.1 Å². The van der Waals surface area contributed by atoms with Crippen molar-refractivity contribution in [3.05, 3.63) is 66.4 Å². The van der Waals surface area contributed by atoms with E-state index in [1.165, 1.54) is 18.1 Å². The molecule has 3 N–H and O–H groups in total. The number of rotatable bonds is 5. The van der Waals surface area contributed by atoms with Crippen LogP contribution in [0.3, 0.4) is 0 Å². The zero-order chi connectivity index (χ0) is 23.0. The van der Waals surface area contributed by atoms with Crippen molar-refractivity contribution in [2.75, 3.05) is 36.4 Å². The summed E-state index contributed by atoms with van der Waals surface area (Å²) in [6.07, 6.45) is 2.80. The fourth-order valence-electron chi connectivity index (χ4n) is 3.91. The molecule has 0 atom stereocenters. The van der Waals surface area contributed by atoms with Gasteiger partial charge in [-0.2, -0.15) is 4.98 Å². The first-order valence-corrected chi connectivity index (χ1v) is 11.0. The summed E-state index contributed by atoms with van der Waals surface area (Å²) in [5, 5.41) is 17.2. The van der Waals surface area contributed by atoms with Crippen LogP contribution in [0, 0.1) is 5.82 Å². The van der Waals surface area contributed by atoms with Crippen molar-refractivity contribution in [3.8, 4) is 5.82 Å². The Kier molecular flexibility index (Phi) is 5.43. The zero-order valence-corrected chi connectivity index (χ0v) is 18.6. The summed E-state index contributed by atoms with van der Waals surface area (Å²) in [6, 6.07) is 13.4. The molecule has 0 bridgehead atoms. The lowest BCUT2D eigenvalue weighted by Crippen LogP contribution is -2.43. The first-order chi connectivity index (χ1) is 15.9. The number of nitrogens with one attached hydrogen (secondary N) is 2. The van der Waals surface area contributed by atoms with Gasteiger partial charge < -0.3 is 20.6 Å². The molecule has 4 heterocycles. The molecule has 3 aromatic heterocycles. The molecule has 0 amide bonds. The molecule has 1 fully saturated rings. The maximum atomic E-state index is 14.6. The summed E-state index contributed by atoms with van der Waals surface area (Å²) in [4.78, 5) is 15.7. The van der Waals surface area contributed by atoms with Crippen LogP contribution in [-0.4, -0.2) is 50.8 Å². The van der Waals surface area contributed by atoms with Gasteiger partial charge in [-0.15, -0.1) is 0 Å². The number of nitrogens with zero attached hydrogens (tertiary/aromatic N) is 5. The molecule has 0 spiro atoms. The third kappa shape index (κ3) is 4.37. The molecule has 170 valence electrons. The molecule has 0 unspecified atom stereocenters. The third-order valence-corrected chi connectivity index (χ3v) is 5.71. The van der Waals surface area contributed by atoms with Crippen molar-refractivity contribution in [2.45, 2.75) is 19.4 Å². The van der Waals surface area contributed by atoms with E-state index >= 15 is 0 Å². The van der Waals surface area contributed by atoms with E-state index in [4.69, 9.17) is 0 Å². The highest BCUT2D eigenvalue weighted by atomic mass is 19.1. The minimum Gasteiger partial charge on any atom is -0.384 e. The molecule has 8 nitrogen and oxygen atoms in total. The van der Waals surface area contributed by atoms with E-state index in [0.717, 1.165) is 31.9 Å². The van der Waals surface area contributed by atoms with Gasteiger partial charge in [0.1, 0.15) is 11.4 Å². The predicted octanol–water partition coefficient (Wildman–Crippen LogP) is 3.34. The smallest absolute Gasteiger partial charge is 0.229 e. The molecule has 9 heteroatoms. The topological polar surface area (TPSA) is 91.1 Å². The third-order valence-electron chi connectivity index (χ3n) is 5.71. The second-order valence-electron chi connectivity index (χ2n) is 8.63. The van der Waals surface area contributed by atoms with Crippen LogP contribution >= 0.6 is 0 Å². The number of pyridine rings is 1. The summed E-state index contributed by atoms with van der Waals surface area (Å²) in [5.41, 5.74) is 1.78. The van der Waals surface area contributed by atoms with Crippen LogP contribution in [0.15, 0.2) is 54.9 Å². The van der Waals surface area contributed by atoms with Crippen molar-refractivity contribution in [2.24, 2.45) is 0 Å². The Labute approximate surface area is 191 Å². The molecule has 33 heavy (non-hydrogen) atoms. The lowest BCUT2D eigenvalue weighted by molar-refractivity contribution is 0.0738. The van der Waals surface area contributed by atoms with Crippen molar-refractivity contribution in [3.63, 3.8) is 0 Å². The van der Waals surface area contributed by atoms with E-state index in [1.54, 1.807) is 36.6 Å². The molecule has 0 saturated carbocycles. The number of benzene rings is 1. The van der Waals surface area contributed by atoms with E-state index in [0.29, 0.717) is 28.5 Å². The van der Waals surface area contributed by atoms with Gasteiger partial charge in [0, 0.05) is 49.9 Å². The molecule has 4 aromatic rings. The normalized spacial score (nSPS) is 14.6. The van der Waals surface area contributed by atoms with Crippen LogP contribution in [0.5, 0.6) is 0 Å². The Morgan fingerprint density at radius 1 is 1.06 bits per heavy atom. The predicted molar refractivity (Wildman–Crippen MR) is 127 cm³/mol. The molecule has 0 radical (unpaired) electrons. The molecule has 0 aliphatic carbocycles. The number of hydrogen-bond donors (Lipinski definition) is 3. The van der Waals surface area contributed by atoms with Crippen LogP contribution in [0.1, 0.15) is 19.5 Å². The minimum atomic E-state index is -1.11. The standard InChI is InChI=1S/C24H26FN7O/c1-24(2,33)20-4-3-5-21(29-20)32-15-19(25)18-14-27-23(30-22(18)32)28-16-6-8-17(9-7-16)31-12-10-26-11-13-31/h3-9,14-15,26,33H,10-13H2,1-2H3,(H,27,28,30). The molecular weight excluding hydrogens is 421 g/mol. The van der Waals surface area contributed by atoms with Gasteiger partial charge in [0.15, 0.2) is 11.5 Å². The maximum Gasteiger partial charge on any atom is 0.229 e.